The molecule has 5 rings (SSSR count). The number of hydrogen-bond acceptors (Lipinski definition) is 7. The van der Waals surface area contributed by atoms with Crippen LogP contribution in [-0.2, 0) is 23.8 Å². The molecule has 35 heavy (non-hydrogen) atoms. The first-order valence-electron chi connectivity index (χ1n) is 10.6. The highest BCUT2D eigenvalue weighted by molar-refractivity contribution is 7.90. The Kier molecular flexibility index (Phi) is 5.71. The minimum absolute atomic E-state index is 0.0476. The van der Waals surface area contributed by atoms with Crippen molar-refractivity contribution < 1.29 is 8.42 Å². The first-order valence-corrected chi connectivity index (χ1v) is 12.1. The molecule has 0 saturated heterocycles. The van der Waals surface area contributed by atoms with Gasteiger partial charge in [-0.1, -0.05) is 12.1 Å². The summed E-state index contributed by atoms with van der Waals surface area (Å²) in [6, 6.07) is 10.2. The highest BCUT2D eigenvalue weighted by Crippen LogP contribution is 2.23. The predicted molar refractivity (Wildman–Crippen MR) is 134 cm³/mol. The molecule has 0 atom stereocenters. The van der Waals surface area contributed by atoms with E-state index in [0.29, 0.717) is 27.4 Å². The van der Waals surface area contributed by atoms with E-state index in [1.54, 1.807) is 53.5 Å². The Morgan fingerprint density at radius 2 is 1.80 bits per heavy atom. The molecule has 3 aromatic heterocycles. The number of pyridine rings is 1. The molecule has 0 saturated carbocycles. The van der Waals surface area contributed by atoms with Crippen molar-refractivity contribution in [1.29, 1.82) is 0 Å². The molecular formula is C24H21N7O3S. The number of hydrogen-bond donors (Lipinski definition) is 1. The Morgan fingerprint density at radius 1 is 0.971 bits per heavy atom. The fourth-order valence-corrected chi connectivity index (χ4v) is 4.63. The Labute approximate surface area is 201 Å². The standard InChI is InChI=1S/C24H21N7O3S/c1-30-14-18(12-28-30)17-9-22-23(27-11-17)6-4-16-3-5-19(10-21(16)24(22)32)29-35(33,34)31(2)15-20-13-25-7-8-26-20/h3-14,29H,15H2,1-2H3. The van der Waals surface area contributed by atoms with Gasteiger partial charge in [0.15, 0.2) is 5.43 Å². The Hall–Kier alpha value is -4.22. The molecule has 0 amide bonds. The molecule has 0 aliphatic rings. The number of aromatic nitrogens is 5. The average molecular weight is 488 g/mol. The number of rotatable bonds is 6. The predicted octanol–water partition coefficient (Wildman–Crippen LogP) is 2.73. The molecule has 0 unspecified atom stereocenters. The van der Waals surface area contributed by atoms with Crippen LogP contribution in [0.15, 0.2) is 78.4 Å². The largest absolute Gasteiger partial charge is 0.301 e. The molecule has 1 N–H and O–H groups in total. The molecule has 2 aromatic carbocycles. The van der Waals surface area contributed by atoms with Crippen molar-refractivity contribution in [2.24, 2.45) is 7.05 Å². The maximum absolute atomic E-state index is 13.5. The summed E-state index contributed by atoms with van der Waals surface area (Å²) in [5.74, 6) is 0. The third kappa shape index (κ3) is 4.59. The lowest BCUT2D eigenvalue weighted by atomic mass is 10.1. The quantitative estimate of drug-likeness (QED) is 0.391. The van der Waals surface area contributed by atoms with Crippen LogP contribution in [-0.4, -0.2) is 44.5 Å². The van der Waals surface area contributed by atoms with Crippen LogP contribution < -0.4 is 10.2 Å². The van der Waals surface area contributed by atoms with Gasteiger partial charge in [-0.05, 0) is 29.7 Å². The van der Waals surface area contributed by atoms with E-state index in [-0.39, 0.29) is 17.7 Å². The van der Waals surface area contributed by atoms with Gasteiger partial charge in [0.1, 0.15) is 0 Å². The van der Waals surface area contributed by atoms with E-state index < -0.39 is 10.2 Å². The van der Waals surface area contributed by atoms with Crippen molar-refractivity contribution in [3.63, 3.8) is 0 Å². The minimum Gasteiger partial charge on any atom is -0.289 e. The van der Waals surface area contributed by atoms with Crippen molar-refractivity contribution in [2.45, 2.75) is 6.54 Å². The first-order chi connectivity index (χ1) is 16.8. The smallest absolute Gasteiger partial charge is 0.289 e. The van der Waals surface area contributed by atoms with Crippen molar-refractivity contribution in [3.8, 4) is 11.1 Å². The number of nitrogens with zero attached hydrogens (tertiary/aromatic N) is 6. The molecule has 0 aliphatic carbocycles. The molecule has 0 fully saturated rings. The van der Waals surface area contributed by atoms with Crippen LogP contribution in [0.2, 0.25) is 0 Å². The Morgan fingerprint density at radius 3 is 2.54 bits per heavy atom. The summed E-state index contributed by atoms with van der Waals surface area (Å²) in [5, 5.41) is 5.66. The van der Waals surface area contributed by atoms with E-state index in [4.69, 9.17) is 0 Å². The molecule has 5 aromatic rings. The fourth-order valence-electron chi connectivity index (χ4n) is 3.75. The summed E-state index contributed by atoms with van der Waals surface area (Å²) in [7, 11) is -0.643. The van der Waals surface area contributed by atoms with Crippen LogP contribution in [0.5, 0.6) is 0 Å². The maximum atomic E-state index is 13.5. The molecule has 10 nitrogen and oxygen atoms in total. The molecule has 0 spiro atoms. The van der Waals surface area contributed by atoms with E-state index in [9.17, 15) is 13.2 Å². The van der Waals surface area contributed by atoms with Gasteiger partial charge in [-0.25, -0.2) is 0 Å². The lowest BCUT2D eigenvalue weighted by molar-refractivity contribution is 0.466. The second kappa shape index (κ2) is 8.85. The van der Waals surface area contributed by atoms with E-state index >= 15 is 0 Å². The average Bonchev–Trinajstić information content (AvgIpc) is 3.23. The van der Waals surface area contributed by atoms with E-state index in [1.165, 1.54) is 25.6 Å². The van der Waals surface area contributed by atoms with Gasteiger partial charge in [-0.3, -0.25) is 29.2 Å². The van der Waals surface area contributed by atoms with Gasteiger partial charge in [0, 0.05) is 67.0 Å². The lowest BCUT2D eigenvalue weighted by Crippen LogP contribution is -2.32. The van der Waals surface area contributed by atoms with E-state index in [2.05, 4.69) is 24.8 Å². The van der Waals surface area contributed by atoms with Gasteiger partial charge in [0.2, 0.25) is 0 Å². The number of nitrogens with one attached hydrogen (secondary N) is 1. The van der Waals surface area contributed by atoms with Crippen LogP contribution in [0, 0.1) is 0 Å². The Bertz CT molecular complexity index is 1720. The normalized spacial score (nSPS) is 11.9. The second-order valence-corrected chi connectivity index (χ2v) is 9.86. The zero-order valence-electron chi connectivity index (χ0n) is 19.0. The topological polar surface area (TPSA) is 123 Å². The highest BCUT2D eigenvalue weighted by Gasteiger charge is 2.19. The third-order valence-electron chi connectivity index (χ3n) is 5.58. The zero-order chi connectivity index (χ0) is 24.6. The summed E-state index contributed by atoms with van der Waals surface area (Å²) in [6.45, 7) is 0.0476. The summed E-state index contributed by atoms with van der Waals surface area (Å²) >= 11 is 0. The summed E-state index contributed by atoms with van der Waals surface area (Å²) < 4.78 is 31.1. The molecule has 176 valence electrons. The summed E-state index contributed by atoms with van der Waals surface area (Å²) in [6.07, 6.45) is 9.78. The van der Waals surface area contributed by atoms with Crippen LogP contribution >= 0.6 is 0 Å². The van der Waals surface area contributed by atoms with E-state index in [1.807, 2.05) is 13.2 Å². The lowest BCUT2D eigenvalue weighted by Gasteiger charge is -2.18. The number of fused-ring (bicyclic) bond motifs is 2. The fraction of sp³-hybridized carbons (Fsp3) is 0.125. The van der Waals surface area contributed by atoms with Crippen molar-refractivity contribution >= 4 is 37.6 Å². The van der Waals surface area contributed by atoms with Crippen LogP contribution in [0.4, 0.5) is 5.69 Å². The SMILES string of the molecule is CN(Cc1cnccn1)S(=O)(=O)Nc1ccc2ccc3ncc(-c4cnn(C)c4)cc3c(=O)c2c1. The van der Waals surface area contributed by atoms with Crippen LogP contribution in [0.25, 0.3) is 32.8 Å². The molecule has 0 bridgehead atoms. The van der Waals surface area contributed by atoms with Crippen LogP contribution in [0.3, 0.4) is 0 Å². The molecular weight excluding hydrogens is 466 g/mol. The van der Waals surface area contributed by atoms with Gasteiger partial charge >= 0.3 is 10.2 Å². The van der Waals surface area contributed by atoms with Gasteiger partial charge in [0.25, 0.3) is 0 Å². The zero-order valence-corrected chi connectivity index (χ0v) is 19.8. The summed E-state index contributed by atoms with van der Waals surface area (Å²) in [5.41, 5.74) is 2.70. The molecule has 0 radical (unpaired) electrons. The second-order valence-electron chi connectivity index (χ2n) is 8.08. The number of anilines is 1. The monoisotopic (exact) mass is 487 g/mol. The Balaban J connectivity index is 1.53. The van der Waals surface area contributed by atoms with E-state index in [0.717, 1.165) is 15.4 Å². The van der Waals surface area contributed by atoms with Gasteiger partial charge in [0.05, 0.1) is 29.6 Å². The maximum Gasteiger partial charge on any atom is 0.301 e. The molecule has 0 aliphatic heterocycles. The number of aryl methyl sites for hydroxylation is 1. The van der Waals surface area contributed by atoms with Crippen LogP contribution in [0.1, 0.15) is 5.69 Å². The highest BCUT2D eigenvalue weighted by atomic mass is 32.2. The molecule has 3 heterocycles. The number of benzene rings is 1. The van der Waals surface area contributed by atoms with Gasteiger partial charge in [-0.2, -0.15) is 17.8 Å². The summed E-state index contributed by atoms with van der Waals surface area (Å²) in [4.78, 5) is 26.0. The van der Waals surface area contributed by atoms with Crippen molar-refractivity contribution in [2.75, 3.05) is 11.8 Å². The van der Waals surface area contributed by atoms with Gasteiger partial charge in [-0.15, -0.1) is 0 Å². The van der Waals surface area contributed by atoms with Crippen molar-refractivity contribution in [1.82, 2.24) is 29.0 Å². The van der Waals surface area contributed by atoms with Gasteiger partial charge < -0.3 is 0 Å². The third-order valence-corrected chi connectivity index (χ3v) is 7.02. The molecule has 11 heteroatoms. The minimum atomic E-state index is -3.90. The van der Waals surface area contributed by atoms with Crippen molar-refractivity contribution in [3.05, 3.63) is 89.5 Å². The first kappa shape index (κ1) is 22.6.